The first-order chi connectivity index (χ1) is 40.5. The Morgan fingerprint density at radius 1 is 0.905 bits per heavy atom. The van der Waals surface area contributed by atoms with Crippen LogP contribution in [0.15, 0.2) is 102 Å². The summed E-state index contributed by atoms with van der Waals surface area (Å²) in [6.07, 6.45) is 8.88. The van der Waals surface area contributed by atoms with Crippen molar-refractivity contribution in [3.63, 3.8) is 0 Å². The number of carbonyl (C=O) groups is 1. The number of sulfonamides is 1. The summed E-state index contributed by atoms with van der Waals surface area (Å²) < 4.78 is 61.7. The van der Waals surface area contributed by atoms with E-state index in [1.165, 1.54) is 23.3 Å². The fourth-order valence-electron chi connectivity index (χ4n) is 14.1. The standard InChI is InChI=1S/C63H75N9O11S/c1-40(2)82-55-7-5-4-6-47(55)54-38-68(37-42-8-13-56-57(30-42)81-29-28-80-56)25-26-70(54)45-34-63(35-45)20-23-69(24-21-63)44-9-11-48(51(32-44)71-50-17-27-79-39-58(50)83-61-53(71)31-43-16-22-64-59(43)66-61)60(73)67-84(77,78)46-10-12-49(52(33-46)72(75)76)65-36-41-14-18-62(3,74)19-15-41/h4-13,16,22,30-33,40-41,45,50,54,58,65,74H,14-15,17-21,23-29,34-39H2,1-3H3,(H,64,66)(H,67,73)/t41-,50-,54+,58-,62-/m0/s1. The average Bonchev–Trinajstić information content (AvgIpc) is 1.94. The van der Waals surface area contributed by atoms with Crippen molar-refractivity contribution < 1.29 is 46.9 Å². The Bertz CT molecular complexity index is 3550. The van der Waals surface area contributed by atoms with Gasteiger partial charge in [-0.2, -0.15) is 4.98 Å². The molecule has 444 valence electrons. The number of benzene rings is 4. The number of carbonyl (C=O) groups excluding carboxylic acids is 1. The third-order valence-corrected chi connectivity index (χ3v) is 20.0. The fraction of sp³-hybridized carbons (Fsp3) is 0.492. The highest BCUT2D eigenvalue weighted by Gasteiger charge is 2.51. The van der Waals surface area contributed by atoms with Gasteiger partial charge >= 0.3 is 0 Å². The molecule has 20 nitrogen and oxygen atoms in total. The Hall–Kier alpha value is -7.17. The first-order valence-electron chi connectivity index (χ1n) is 29.9. The number of para-hydroxylation sites is 1. The van der Waals surface area contributed by atoms with Crippen LogP contribution < -0.4 is 38.8 Å². The number of H-pyrrole nitrogens is 1. The van der Waals surface area contributed by atoms with Gasteiger partial charge < -0.3 is 48.9 Å². The molecule has 7 aliphatic rings. The zero-order valence-electron chi connectivity index (χ0n) is 48.0. The van der Waals surface area contributed by atoms with E-state index in [1.807, 2.05) is 43.5 Å². The third kappa shape index (κ3) is 11.3. The molecule has 5 fully saturated rings. The molecule has 0 unspecified atom stereocenters. The maximum atomic E-state index is 14.9. The van der Waals surface area contributed by atoms with Crippen molar-refractivity contribution in [2.24, 2.45) is 11.3 Å². The number of pyridine rings is 1. The minimum Gasteiger partial charge on any atom is -0.491 e. The van der Waals surface area contributed by atoms with Gasteiger partial charge in [0.25, 0.3) is 21.6 Å². The van der Waals surface area contributed by atoms with Gasteiger partial charge in [0, 0.05) is 87.4 Å². The summed E-state index contributed by atoms with van der Waals surface area (Å²) >= 11 is 0. The number of nitrogens with zero attached hydrogens (tertiary/aromatic N) is 6. The molecule has 13 rings (SSSR count). The van der Waals surface area contributed by atoms with Crippen molar-refractivity contribution in [2.45, 2.75) is 126 Å². The SMILES string of the molecule is CC(C)Oc1ccccc1[C@H]1CN(Cc2ccc3c(c2)OCCO3)CCN1C1CC2(CCN(c3ccc(C(=O)NS(=O)(=O)c4ccc(NC[C@H]5CC[C@](C)(O)CC5)c([N+](=O)[O-])c4)c(N4c5cc6cc[nH]c6nc5O[C@H]5COCC[C@@H]54)c3)CC2)C1. The van der Waals surface area contributed by atoms with Crippen molar-refractivity contribution in [3.8, 4) is 23.1 Å². The number of rotatable bonds is 15. The van der Waals surface area contributed by atoms with Crippen molar-refractivity contribution in [2.75, 3.05) is 80.8 Å². The molecule has 4 N–H and O–H groups in total. The van der Waals surface area contributed by atoms with Gasteiger partial charge in [0.1, 0.15) is 42.1 Å². The summed E-state index contributed by atoms with van der Waals surface area (Å²) in [5.41, 5.74) is 4.37. The van der Waals surface area contributed by atoms with Crippen molar-refractivity contribution in [1.29, 1.82) is 0 Å². The topological polar surface area (TPSA) is 226 Å². The summed E-state index contributed by atoms with van der Waals surface area (Å²) in [5, 5.41) is 26.9. The second-order valence-electron chi connectivity index (χ2n) is 24.8. The summed E-state index contributed by atoms with van der Waals surface area (Å²) in [6, 6.07) is 28.2. The second-order valence-corrected chi connectivity index (χ2v) is 26.5. The molecule has 7 heterocycles. The summed E-state index contributed by atoms with van der Waals surface area (Å²) in [6.45, 7) is 13.4. The Labute approximate surface area is 489 Å². The molecule has 2 aliphatic carbocycles. The number of nitro groups is 1. The lowest BCUT2D eigenvalue weighted by molar-refractivity contribution is -0.384. The number of aromatic nitrogens is 2. The normalized spacial score (nSPS) is 24.4. The molecule has 1 amide bonds. The number of hydrogen-bond acceptors (Lipinski definition) is 17. The third-order valence-electron chi connectivity index (χ3n) is 18.7. The lowest BCUT2D eigenvalue weighted by Crippen LogP contribution is -2.59. The van der Waals surface area contributed by atoms with E-state index in [0.29, 0.717) is 74.6 Å². The molecule has 4 aromatic carbocycles. The quantitative estimate of drug-likeness (QED) is 0.0554. The molecule has 3 saturated heterocycles. The number of anilines is 4. The molecule has 6 aromatic rings. The Morgan fingerprint density at radius 2 is 1.70 bits per heavy atom. The van der Waals surface area contributed by atoms with Gasteiger partial charge in [-0.25, -0.2) is 13.1 Å². The van der Waals surface area contributed by atoms with E-state index in [9.17, 15) is 28.4 Å². The van der Waals surface area contributed by atoms with Crippen LogP contribution in [0.25, 0.3) is 11.0 Å². The van der Waals surface area contributed by atoms with E-state index in [1.54, 1.807) is 6.07 Å². The average molecular weight is 1170 g/mol. The van der Waals surface area contributed by atoms with Crippen LogP contribution in [0.2, 0.25) is 0 Å². The molecule has 1 spiro atoms. The smallest absolute Gasteiger partial charge is 0.293 e. The highest BCUT2D eigenvalue weighted by Crippen LogP contribution is 2.54. The largest absolute Gasteiger partial charge is 0.491 e. The number of fused-ring (bicyclic) bond motifs is 4. The Morgan fingerprint density at radius 3 is 2.50 bits per heavy atom. The molecule has 2 aromatic heterocycles. The van der Waals surface area contributed by atoms with Crippen LogP contribution in [0, 0.1) is 21.4 Å². The van der Waals surface area contributed by atoms with Crippen LogP contribution in [0.3, 0.4) is 0 Å². The van der Waals surface area contributed by atoms with Crippen LogP contribution in [-0.4, -0.2) is 140 Å². The van der Waals surface area contributed by atoms with E-state index >= 15 is 0 Å². The van der Waals surface area contributed by atoms with Crippen LogP contribution in [-0.2, 0) is 21.3 Å². The van der Waals surface area contributed by atoms with Crippen molar-refractivity contribution >= 4 is 55.4 Å². The van der Waals surface area contributed by atoms with Crippen LogP contribution in [0.5, 0.6) is 23.1 Å². The number of amides is 1. The number of nitro benzene ring substituents is 1. The predicted molar refractivity (Wildman–Crippen MR) is 318 cm³/mol. The number of aromatic amines is 1. The van der Waals surface area contributed by atoms with Crippen molar-refractivity contribution in [3.05, 3.63) is 124 Å². The lowest BCUT2D eigenvalue weighted by atomic mass is 9.59. The number of piperazine rings is 1. The van der Waals surface area contributed by atoms with E-state index in [4.69, 9.17) is 28.7 Å². The summed E-state index contributed by atoms with van der Waals surface area (Å²) in [5.74, 6) is 2.20. The summed E-state index contributed by atoms with van der Waals surface area (Å²) in [7, 11) is -4.65. The van der Waals surface area contributed by atoms with Gasteiger partial charge in [-0.05, 0) is 156 Å². The molecule has 21 heteroatoms. The Kier molecular flexibility index (Phi) is 15.1. The van der Waals surface area contributed by atoms with Crippen molar-refractivity contribution in [1.82, 2.24) is 24.5 Å². The zero-order chi connectivity index (χ0) is 57.9. The van der Waals surface area contributed by atoms with Gasteiger partial charge in [-0.1, -0.05) is 24.3 Å². The molecule has 84 heavy (non-hydrogen) atoms. The first-order valence-corrected chi connectivity index (χ1v) is 31.4. The molecule has 0 bridgehead atoms. The van der Waals surface area contributed by atoms with Gasteiger partial charge in [0.2, 0.25) is 5.88 Å². The second kappa shape index (κ2) is 22.7. The molecule has 5 aliphatic heterocycles. The zero-order valence-corrected chi connectivity index (χ0v) is 48.8. The first kappa shape index (κ1) is 56.0. The van der Waals surface area contributed by atoms with Gasteiger partial charge in [-0.3, -0.25) is 24.7 Å². The molecule has 0 radical (unpaired) electrons. The highest BCUT2D eigenvalue weighted by molar-refractivity contribution is 7.90. The number of piperidine rings is 1. The van der Waals surface area contributed by atoms with E-state index < -0.39 is 43.1 Å². The minimum atomic E-state index is -4.65. The highest BCUT2D eigenvalue weighted by atomic mass is 32.2. The monoisotopic (exact) mass is 1170 g/mol. The molecular formula is C63H75N9O11S. The number of hydrogen-bond donors (Lipinski definition) is 4. The van der Waals surface area contributed by atoms with E-state index in [0.717, 1.165) is 112 Å². The number of aliphatic hydroxyl groups is 1. The fourth-order valence-corrected chi connectivity index (χ4v) is 15.1. The Balaban J connectivity index is 0.752. The van der Waals surface area contributed by atoms with E-state index in [-0.39, 0.29) is 47.4 Å². The maximum Gasteiger partial charge on any atom is 0.293 e. The van der Waals surface area contributed by atoms with Crippen LogP contribution in [0.1, 0.15) is 106 Å². The van der Waals surface area contributed by atoms with Crippen LogP contribution >= 0.6 is 0 Å². The summed E-state index contributed by atoms with van der Waals surface area (Å²) in [4.78, 5) is 44.1. The minimum absolute atomic E-state index is 0.0366. The van der Waals surface area contributed by atoms with E-state index in [2.05, 4.69) is 84.9 Å². The predicted octanol–water partition coefficient (Wildman–Crippen LogP) is 9.50. The van der Waals surface area contributed by atoms with Gasteiger partial charge in [-0.15, -0.1) is 0 Å². The number of nitrogens with one attached hydrogen (secondary N) is 3. The van der Waals surface area contributed by atoms with Crippen LogP contribution in [0.4, 0.5) is 28.4 Å². The maximum absolute atomic E-state index is 14.9. The van der Waals surface area contributed by atoms with Gasteiger partial charge in [0.15, 0.2) is 11.5 Å². The number of ether oxygens (including phenoxy) is 5. The molecule has 3 atom stereocenters. The van der Waals surface area contributed by atoms with Gasteiger partial charge in [0.05, 0.1) is 51.5 Å². The lowest BCUT2D eigenvalue weighted by Gasteiger charge is -2.58. The molecular weight excluding hydrogens is 1090 g/mol. The molecule has 2 saturated carbocycles.